The average molecular weight is 581 g/mol. The van der Waals surface area contributed by atoms with Crippen LogP contribution in [0.5, 0.6) is 23.0 Å². The molecule has 8 nitrogen and oxygen atoms in total. The number of aromatic hydroxyl groups is 2. The van der Waals surface area contributed by atoms with E-state index >= 15 is 0 Å². The molecule has 0 saturated carbocycles. The number of rotatable bonds is 10. The molecular formula is C30H28O8S2. The average Bonchev–Trinajstić information content (AvgIpc) is 2.96. The zero-order valence-electron chi connectivity index (χ0n) is 21.4. The summed E-state index contributed by atoms with van der Waals surface area (Å²) in [5.41, 5.74) is 0. The third-order valence-corrected chi connectivity index (χ3v) is 8.87. The highest BCUT2D eigenvalue weighted by atomic mass is 32.2. The Bertz CT molecular complexity index is 1510. The van der Waals surface area contributed by atoms with Crippen molar-refractivity contribution >= 4 is 19.7 Å². The van der Waals surface area contributed by atoms with Gasteiger partial charge in [0.2, 0.25) is 19.7 Å². The Morgan fingerprint density at radius 1 is 0.500 bits per heavy atom. The van der Waals surface area contributed by atoms with Crippen LogP contribution in [0.25, 0.3) is 0 Å². The van der Waals surface area contributed by atoms with Gasteiger partial charge in [-0.2, -0.15) is 0 Å². The molecule has 4 aromatic rings. The van der Waals surface area contributed by atoms with Crippen LogP contribution in [0.2, 0.25) is 0 Å². The molecule has 0 amide bonds. The third kappa shape index (κ3) is 7.75. The van der Waals surface area contributed by atoms with Gasteiger partial charge in [-0.3, -0.25) is 0 Å². The Morgan fingerprint density at radius 3 is 1.00 bits per heavy atom. The first kappa shape index (κ1) is 30.0. The fourth-order valence-corrected chi connectivity index (χ4v) is 5.78. The number of benzene rings is 4. The first-order valence-electron chi connectivity index (χ1n) is 11.8. The second-order valence-corrected chi connectivity index (χ2v) is 12.0. The topological polar surface area (TPSA) is 127 Å². The van der Waals surface area contributed by atoms with Crippen LogP contribution in [-0.2, 0) is 19.7 Å². The smallest absolute Gasteiger partial charge is 0.206 e. The highest BCUT2D eigenvalue weighted by Gasteiger charge is 2.18. The van der Waals surface area contributed by atoms with Gasteiger partial charge in [-0.25, -0.2) is 16.8 Å². The first-order chi connectivity index (χ1) is 19.1. The predicted octanol–water partition coefficient (Wildman–Crippen LogP) is 5.58. The Morgan fingerprint density at radius 2 is 0.750 bits per heavy atom. The van der Waals surface area contributed by atoms with E-state index in [-0.39, 0.29) is 31.1 Å². The molecule has 10 heteroatoms. The zero-order chi connectivity index (χ0) is 29.2. The second kappa shape index (κ2) is 13.5. The molecule has 0 aliphatic heterocycles. The van der Waals surface area contributed by atoms with Crippen LogP contribution in [0.3, 0.4) is 0 Å². The van der Waals surface area contributed by atoms with Gasteiger partial charge in [0.05, 0.1) is 19.6 Å². The van der Waals surface area contributed by atoms with Crippen molar-refractivity contribution in [1.82, 2.24) is 0 Å². The van der Waals surface area contributed by atoms with Crippen LogP contribution in [0.4, 0.5) is 0 Å². The monoisotopic (exact) mass is 580 g/mol. The maximum Gasteiger partial charge on any atom is 0.206 e. The summed E-state index contributed by atoms with van der Waals surface area (Å²) >= 11 is 0. The summed E-state index contributed by atoms with van der Waals surface area (Å²) in [6.45, 7) is 7.87. The van der Waals surface area contributed by atoms with Crippen molar-refractivity contribution < 1.29 is 36.5 Å². The lowest BCUT2D eigenvalue weighted by molar-refractivity contribution is 0.363. The van der Waals surface area contributed by atoms with Gasteiger partial charge in [0.1, 0.15) is 36.2 Å². The van der Waals surface area contributed by atoms with Crippen LogP contribution in [0.1, 0.15) is 0 Å². The molecule has 208 valence electrons. The van der Waals surface area contributed by atoms with Crippen LogP contribution in [0.15, 0.2) is 142 Å². The number of ether oxygens (including phenoxy) is 2. The van der Waals surface area contributed by atoms with Gasteiger partial charge in [-0.1, -0.05) is 25.3 Å². The van der Waals surface area contributed by atoms with Crippen molar-refractivity contribution in [3.8, 4) is 23.0 Å². The SMILES string of the molecule is C=CCOc1ccc(S(=O)(=O)c2ccc(OCC=C)cc2)cc1.O=S(=O)(c1ccc(O)cc1)c1ccc(O)cc1. The van der Waals surface area contributed by atoms with Gasteiger partial charge in [-0.15, -0.1) is 0 Å². The van der Waals surface area contributed by atoms with Crippen molar-refractivity contribution in [3.05, 3.63) is 122 Å². The molecule has 4 rings (SSSR count). The summed E-state index contributed by atoms with van der Waals surface area (Å²) in [6.07, 6.45) is 3.25. The summed E-state index contributed by atoms with van der Waals surface area (Å²) in [5, 5.41) is 18.2. The van der Waals surface area contributed by atoms with Crippen LogP contribution >= 0.6 is 0 Å². The van der Waals surface area contributed by atoms with E-state index in [1.54, 1.807) is 36.4 Å². The highest BCUT2D eigenvalue weighted by molar-refractivity contribution is 7.91. The number of sulfone groups is 2. The van der Waals surface area contributed by atoms with Gasteiger partial charge in [-0.05, 0) is 97.1 Å². The van der Waals surface area contributed by atoms with Gasteiger partial charge >= 0.3 is 0 Å². The Labute approximate surface area is 233 Å². The quantitative estimate of drug-likeness (QED) is 0.233. The van der Waals surface area contributed by atoms with E-state index in [4.69, 9.17) is 19.7 Å². The molecule has 0 aliphatic carbocycles. The molecule has 0 heterocycles. The fourth-order valence-electron chi connectivity index (χ4n) is 3.26. The molecule has 2 N–H and O–H groups in total. The van der Waals surface area contributed by atoms with Gasteiger partial charge in [0, 0.05) is 0 Å². The molecule has 0 unspecified atom stereocenters. The summed E-state index contributed by atoms with van der Waals surface area (Å²) in [4.78, 5) is 0.619. The Balaban J connectivity index is 0.000000230. The summed E-state index contributed by atoms with van der Waals surface area (Å²) in [5.74, 6) is 1.21. The fraction of sp³-hybridized carbons (Fsp3) is 0.0667. The zero-order valence-corrected chi connectivity index (χ0v) is 23.0. The normalized spacial score (nSPS) is 11.0. The number of phenols is 2. The maximum absolute atomic E-state index is 12.6. The Hall–Kier alpha value is -4.54. The van der Waals surface area contributed by atoms with E-state index < -0.39 is 19.7 Å². The van der Waals surface area contributed by atoms with Crippen molar-refractivity contribution in [2.24, 2.45) is 0 Å². The highest BCUT2D eigenvalue weighted by Crippen LogP contribution is 2.26. The van der Waals surface area contributed by atoms with Crippen molar-refractivity contribution in [2.75, 3.05) is 13.2 Å². The molecule has 0 atom stereocenters. The standard InChI is InChI=1S/C18H18O4S.C12H10O4S/c1-3-13-21-15-5-9-17(10-6-15)23(19,20)18-11-7-16(8-12-18)22-14-4-2;13-9-1-5-11(6-2-9)17(15,16)12-7-3-10(14)4-8-12/h3-12H,1-2,13-14H2;1-8,13-14H. The summed E-state index contributed by atoms with van der Waals surface area (Å²) in [7, 11) is -7.16. The molecule has 0 fully saturated rings. The number of hydrogen-bond acceptors (Lipinski definition) is 8. The van der Waals surface area contributed by atoms with Crippen molar-refractivity contribution in [2.45, 2.75) is 19.6 Å². The molecule has 4 aromatic carbocycles. The van der Waals surface area contributed by atoms with Crippen LogP contribution in [-0.4, -0.2) is 40.3 Å². The minimum Gasteiger partial charge on any atom is -0.508 e. The first-order valence-corrected chi connectivity index (χ1v) is 14.8. The molecule has 0 bridgehead atoms. The molecule has 40 heavy (non-hydrogen) atoms. The predicted molar refractivity (Wildman–Crippen MR) is 151 cm³/mol. The van der Waals surface area contributed by atoms with Crippen molar-refractivity contribution in [1.29, 1.82) is 0 Å². The van der Waals surface area contributed by atoms with Gasteiger partial charge in [0.15, 0.2) is 0 Å². The van der Waals surface area contributed by atoms with Crippen LogP contribution < -0.4 is 9.47 Å². The third-order valence-electron chi connectivity index (χ3n) is 5.30. The van der Waals surface area contributed by atoms with Gasteiger partial charge < -0.3 is 19.7 Å². The molecule has 0 spiro atoms. The van der Waals surface area contributed by atoms with Crippen molar-refractivity contribution in [3.63, 3.8) is 0 Å². The maximum atomic E-state index is 12.6. The summed E-state index contributed by atoms with van der Waals surface area (Å²) in [6, 6.07) is 23.2. The molecule has 0 aromatic heterocycles. The number of hydrogen-bond donors (Lipinski definition) is 2. The lowest BCUT2D eigenvalue weighted by Crippen LogP contribution is -2.02. The molecule has 0 radical (unpaired) electrons. The van der Waals surface area contributed by atoms with E-state index in [1.165, 1.54) is 72.8 Å². The van der Waals surface area contributed by atoms with E-state index in [1.807, 2.05) is 0 Å². The van der Waals surface area contributed by atoms with E-state index in [2.05, 4.69) is 13.2 Å². The van der Waals surface area contributed by atoms with Gasteiger partial charge in [0.25, 0.3) is 0 Å². The second-order valence-electron chi connectivity index (χ2n) is 8.14. The minimum atomic E-state index is -3.59. The van der Waals surface area contributed by atoms with E-state index in [0.29, 0.717) is 24.7 Å². The lowest BCUT2D eigenvalue weighted by Gasteiger charge is -2.08. The minimum absolute atomic E-state index is 0.00894. The lowest BCUT2D eigenvalue weighted by atomic mass is 10.3. The molecule has 0 saturated heterocycles. The van der Waals surface area contributed by atoms with E-state index in [0.717, 1.165) is 0 Å². The molecule has 0 aliphatic rings. The number of phenolic OH excluding ortho intramolecular Hbond substituents is 2. The largest absolute Gasteiger partial charge is 0.508 e. The summed E-state index contributed by atoms with van der Waals surface area (Å²) < 4.78 is 60.0. The Kier molecular flexibility index (Phi) is 10.1. The molecular weight excluding hydrogens is 552 g/mol. The van der Waals surface area contributed by atoms with E-state index in [9.17, 15) is 16.8 Å². The van der Waals surface area contributed by atoms with Crippen LogP contribution in [0, 0.1) is 0 Å².